The number of hydrogen-bond acceptors (Lipinski definition) is 5. The molecule has 1 saturated heterocycles. The zero-order valence-corrected chi connectivity index (χ0v) is 9.54. The first kappa shape index (κ1) is 12.9. The fourth-order valence-electron chi connectivity index (χ4n) is 1.74. The van der Waals surface area contributed by atoms with Gasteiger partial charge >= 0.3 is 0 Å². The van der Waals surface area contributed by atoms with E-state index < -0.39 is 0 Å². The van der Waals surface area contributed by atoms with Crippen LogP contribution in [0.25, 0.3) is 0 Å². The van der Waals surface area contributed by atoms with Crippen molar-refractivity contribution in [1.29, 1.82) is 0 Å². The Kier molecular flexibility index (Phi) is 6.87. The van der Waals surface area contributed by atoms with E-state index in [-0.39, 0.29) is 6.10 Å². The fraction of sp³-hybridized carbons (Fsp3) is 1.00. The van der Waals surface area contributed by atoms with E-state index in [4.69, 9.17) is 4.74 Å². The van der Waals surface area contributed by atoms with Gasteiger partial charge in [0.15, 0.2) is 0 Å². The van der Waals surface area contributed by atoms with Crippen molar-refractivity contribution in [2.75, 3.05) is 59.5 Å². The van der Waals surface area contributed by atoms with Crippen LogP contribution < -0.4 is 10.6 Å². The monoisotopic (exact) mass is 217 g/mol. The van der Waals surface area contributed by atoms with Gasteiger partial charge in [-0.15, -0.1) is 0 Å². The number of methoxy groups -OCH3 is 1. The van der Waals surface area contributed by atoms with Crippen molar-refractivity contribution in [3.05, 3.63) is 0 Å². The molecule has 0 spiro atoms. The Bertz CT molecular complexity index is 148. The third-order valence-corrected chi connectivity index (χ3v) is 2.52. The molecule has 0 aromatic rings. The number of nitrogens with one attached hydrogen (secondary N) is 2. The Morgan fingerprint density at radius 1 is 1.20 bits per heavy atom. The Morgan fingerprint density at radius 2 is 1.80 bits per heavy atom. The third-order valence-electron chi connectivity index (χ3n) is 2.52. The third kappa shape index (κ3) is 6.06. The first-order valence-corrected chi connectivity index (χ1v) is 5.63. The molecular weight excluding hydrogens is 194 g/mol. The van der Waals surface area contributed by atoms with Gasteiger partial charge in [-0.2, -0.15) is 0 Å². The van der Waals surface area contributed by atoms with Crippen molar-refractivity contribution in [2.45, 2.75) is 6.10 Å². The molecule has 0 aromatic heterocycles. The van der Waals surface area contributed by atoms with Gasteiger partial charge in [0.25, 0.3) is 0 Å². The molecule has 15 heavy (non-hydrogen) atoms. The maximum absolute atomic E-state index is 9.63. The molecular formula is C10H23N3O2. The number of aliphatic hydroxyl groups excluding tert-OH is 1. The van der Waals surface area contributed by atoms with E-state index in [1.807, 2.05) is 0 Å². The van der Waals surface area contributed by atoms with Crippen LogP contribution in [0, 0.1) is 0 Å². The van der Waals surface area contributed by atoms with Crippen LogP contribution >= 0.6 is 0 Å². The van der Waals surface area contributed by atoms with Gasteiger partial charge < -0.3 is 20.5 Å². The molecule has 1 heterocycles. The summed E-state index contributed by atoms with van der Waals surface area (Å²) in [7, 11) is 1.62. The molecule has 3 N–H and O–H groups in total. The van der Waals surface area contributed by atoms with E-state index in [2.05, 4.69) is 15.5 Å². The number of hydrogen-bond donors (Lipinski definition) is 3. The van der Waals surface area contributed by atoms with Crippen molar-refractivity contribution in [3.8, 4) is 0 Å². The van der Waals surface area contributed by atoms with Crippen LogP contribution in [-0.2, 0) is 4.74 Å². The molecule has 0 aliphatic carbocycles. The minimum Gasteiger partial charge on any atom is -0.389 e. The minimum atomic E-state index is -0.379. The smallest absolute Gasteiger partial charge is 0.0900 e. The van der Waals surface area contributed by atoms with Gasteiger partial charge in [0.2, 0.25) is 0 Å². The lowest BCUT2D eigenvalue weighted by molar-refractivity contribution is 0.0385. The Morgan fingerprint density at radius 3 is 2.33 bits per heavy atom. The van der Waals surface area contributed by atoms with Crippen LogP contribution in [0.2, 0.25) is 0 Å². The SMILES string of the molecule is COCC(O)CN1CCNCCNCC1. The fourth-order valence-corrected chi connectivity index (χ4v) is 1.74. The Balaban J connectivity index is 2.23. The van der Waals surface area contributed by atoms with E-state index >= 15 is 0 Å². The van der Waals surface area contributed by atoms with Gasteiger partial charge in [-0.3, -0.25) is 4.90 Å². The summed E-state index contributed by atoms with van der Waals surface area (Å²) in [4.78, 5) is 2.26. The van der Waals surface area contributed by atoms with Crippen molar-refractivity contribution in [3.63, 3.8) is 0 Å². The van der Waals surface area contributed by atoms with E-state index in [0.717, 1.165) is 39.3 Å². The van der Waals surface area contributed by atoms with Crippen LogP contribution in [0.3, 0.4) is 0 Å². The first-order chi connectivity index (χ1) is 7.33. The van der Waals surface area contributed by atoms with Crippen LogP contribution in [0.15, 0.2) is 0 Å². The standard InChI is InChI=1S/C10H23N3O2/c1-15-9-10(14)8-13-6-4-11-2-3-12-5-7-13/h10-12,14H,2-9H2,1H3. The molecule has 90 valence electrons. The highest BCUT2D eigenvalue weighted by molar-refractivity contribution is 4.69. The van der Waals surface area contributed by atoms with Crippen molar-refractivity contribution in [1.82, 2.24) is 15.5 Å². The lowest BCUT2D eigenvalue weighted by Gasteiger charge is -2.24. The molecule has 1 rings (SSSR count). The molecule has 1 atom stereocenters. The summed E-state index contributed by atoms with van der Waals surface area (Å²) in [5.41, 5.74) is 0. The predicted octanol–water partition coefficient (Wildman–Crippen LogP) is -1.51. The lowest BCUT2D eigenvalue weighted by Crippen LogP contribution is -2.40. The molecule has 0 radical (unpaired) electrons. The number of ether oxygens (including phenoxy) is 1. The number of β-amino-alcohol motifs (C(OH)–C–C–N with tert-alkyl or cyclic N) is 1. The average molecular weight is 217 g/mol. The minimum absolute atomic E-state index is 0.379. The summed E-state index contributed by atoms with van der Waals surface area (Å²) in [6.45, 7) is 7.10. The van der Waals surface area contributed by atoms with Gasteiger partial charge in [-0.25, -0.2) is 0 Å². The second-order valence-electron chi connectivity index (χ2n) is 3.91. The van der Waals surface area contributed by atoms with Crippen LogP contribution in [0.5, 0.6) is 0 Å². The summed E-state index contributed by atoms with van der Waals surface area (Å²) in [5.74, 6) is 0. The predicted molar refractivity (Wildman–Crippen MR) is 60.1 cm³/mol. The van der Waals surface area contributed by atoms with Crippen molar-refractivity contribution >= 4 is 0 Å². The van der Waals surface area contributed by atoms with Crippen LogP contribution in [0.4, 0.5) is 0 Å². The highest BCUT2D eigenvalue weighted by Crippen LogP contribution is 1.93. The zero-order valence-electron chi connectivity index (χ0n) is 9.54. The van der Waals surface area contributed by atoms with Gasteiger partial charge in [-0.05, 0) is 0 Å². The summed E-state index contributed by atoms with van der Waals surface area (Å²) in [6.07, 6.45) is -0.379. The summed E-state index contributed by atoms with van der Waals surface area (Å²) >= 11 is 0. The molecule has 0 aromatic carbocycles. The maximum Gasteiger partial charge on any atom is 0.0900 e. The average Bonchev–Trinajstić information content (AvgIpc) is 2.32. The molecule has 0 saturated carbocycles. The molecule has 0 amide bonds. The highest BCUT2D eigenvalue weighted by Gasteiger charge is 2.11. The zero-order chi connectivity index (χ0) is 10.9. The van der Waals surface area contributed by atoms with E-state index in [1.54, 1.807) is 7.11 Å². The highest BCUT2D eigenvalue weighted by atomic mass is 16.5. The number of nitrogens with zero attached hydrogens (tertiary/aromatic N) is 1. The van der Waals surface area contributed by atoms with Crippen LogP contribution in [0.1, 0.15) is 0 Å². The van der Waals surface area contributed by atoms with Gasteiger partial charge in [-0.1, -0.05) is 0 Å². The normalized spacial score (nSPS) is 22.8. The Labute approximate surface area is 91.8 Å². The van der Waals surface area contributed by atoms with Crippen molar-refractivity contribution < 1.29 is 9.84 Å². The lowest BCUT2D eigenvalue weighted by atomic mass is 10.3. The van der Waals surface area contributed by atoms with E-state index in [0.29, 0.717) is 13.2 Å². The summed E-state index contributed by atoms with van der Waals surface area (Å²) in [6, 6.07) is 0. The van der Waals surface area contributed by atoms with Crippen molar-refractivity contribution in [2.24, 2.45) is 0 Å². The largest absolute Gasteiger partial charge is 0.389 e. The summed E-state index contributed by atoms with van der Waals surface area (Å²) < 4.78 is 4.92. The Hall–Kier alpha value is -0.200. The molecule has 1 fully saturated rings. The van der Waals surface area contributed by atoms with E-state index in [9.17, 15) is 5.11 Å². The maximum atomic E-state index is 9.63. The number of aliphatic hydroxyl groups is 1. The molecule has 5 nitrogen and oxygen atoms in total. The molecule has 1 aliphatic rings. The topological polar surface area (TPSA) is 56.8 Å². The summed E-state index contributed by atoms with van der Waals surface area (Å²) in [5, 5.41) is 16.3. The number of rotatable bonds is 4. The van der Waals surface area contributed by atoms with E-state index in [1.165, 1.54) is 0 Å². The van der Waals surface area contributed by atoms with Gasteiger partial charge in [0.05, 0.1) is 12.7 Å². The van der Waals surface area contributed by atoms with Crippen LogP contribution in [-0.4, -0.2) is 75.6 Å². The van der Waals surface area contributed by atoms with Gasteiger partial charge in [0, 0.05) is 52.9 Å². The molecule has 5 heteroatoms. The molecule has 1 aliphatic heterocycles. The quantitative estimate of drug-likeness (QED) is 0.534. The van der Waals surface area contributed by atoms with Gasteiger partial charge in [0.1, 0.15) is 0 Å². The second-order valence-corrected chi connectivity index (χ2v) is 3.91. The second kappa shape index (κ2) is 8.01. The first-order valence-electron chi connectivity index (χ1n) is 5.63. The molecule has 0 bridgehead atoms. The molecule has 1 unspecified atom stereocenters.